The molecule has 0 amide bonds. The summed E-state index contributed by atoms with van der Waals surface area (Å²) >= 11 is 0. The van der Waals surface area contributed by atoms with Crippen LogP contribution in [0.25, 0.3) is 0 Å². The average molecular weight is 211 g/mol. The molecule has 1 unspecified atom stereocenters. The molecule has 1 atom stereocenters. The number of hydrogen-bond donors (Lipinski definition) is 2. The van der Waals surface area contributed by atoms with Gasteiger partial charge in [0.1, 0.15) is 0 Å². The SMILES string of the molecule is OC(C1CCCCCC1)C1CCNCC1. The van der Waals surface area contributed by atoms with Crippen LogP contribution in [0.5, 0.6) is 0 Å². The Labute approximate surface area is 93.5 Å². The molecule has 1 heterocycles. The van der Waals surface area contributed by atoms with Gasteiger partial charge in [-0.1, -0.05) is 25.7 Å². The van der Waals surface area contributed by atoms with Crippen LogP contribution >= 0.6 is 0 Å². The standard InChI is InChI=1S/C13H25NO/c15-13(12-7-9-14-10-8-12)11-5-3-1-2-4-6-11/h11-15H,1-10H2. The van der Waals surface area contributed by atoms with Crippen LogP contribution in [0, 0.1) is 11.8 Å². The number of nitrogens with one attached hydrogen (secondary N) is 1. The smallest absolute Gasteiger partial charge is 0.0597 e. The fourth-order valence-electron chi connectivity index (χ4n) is 3.22. The third-order valence-corrected chi connectivity index (χ3v) is 4.25. The van der Waals surface area contributed by atoms with Crippen LogP contribution in [0.15, 0.2) is 0 Å². The minimum Gasteiger partial charge on any atom is -0.393 e. The number of rotatable bonds is 2. The number of aliphatic hydroxyl groups excluding tert-OH is 1. The van der Waals surface area contributed by atoms with Gasteiger partial charge in [-0.15, -0.1) is 0 Å². The van der Waals surface area contributed by atoms with Crippen LogP contribution in [-0.4, -0.2) is 24.3 Å². The minimum absolute atomic E-state index is 0.00907. The van der Waals surface area contributed by atoms with Crippen molar-refractivity contribution in [3.63, 3.8) is 0 Å². The molecule has 0 aromatic rings. The molecule has 2 heteroatoms. The summed E-state index contributed by atoms with van der Waals surface area (Å²) in [5.41, 5.74) is 0. The molecule has 2 rings (SSSR count). The van der Waals surface area contributed by atoms with E-state index >= 15 is 0 Å². The quantitative estimate of drug-likeness (QED) is 0.687. The first kappa shape index (κ1) is 11.4. The van der Waals surface area contributed by atoms with Crippen molar-refractivity contribution in [2.45, 2.75) is 57.5 Å². The Morgan fingerprint density at radius 3 is 1.93 bits per heavy atom. The zero-order chi connectivity index (χ0) is 10.5. The van der Waals surface area contributed by atoms with Gasteiger partial charge in [-0.2, -0.15) is 0 Å². The Hall–Kier alpha value is -0.0800. The van der Waals surface area contributed by atoms with Crippen molar-refractivity contribution in [1.29, 1.82) is 0 Å². The van der Waals surface area contributed by atoms with Gasteiger partial charge in [-0.25, -0.2) is 0 Å². The molecular weight excluding hydrogens is 186 g/mol. The second-order valence-electron chi connectivity index (χ2n) is 5.33. The first-order valence-corrected chi connectivity index (χ1v) is 6.76. The molecule has 2 aliphatic rings. The largest absolute Gasteiger partial charge is 0.393 e. The van der Waals surface area contributed by atoms with Crippen LogP contribution in [-0.2, 0) is 0 Å². The normalized spacial score (nSPS) is 28.6. The Balaban J connectivity index is 1.83. The fourth-order valence-corrected chi connectivity index (χ4v) is 3.22. The lowest BCUT2D eigenvalue weighted by molar-refractivity contribution is 0.0301. The highest BCUT2D eigenvalue weighted by molar-refractivity contribution is 4.81. The summed E-state index contributed by atoms with van der Waals surface area (Å²) in [5.74, 6) is 1.19. The Kier molecular flexibility index (Phi) is 4.45. The molecular formula is C13H25NO. The van der Waals surface area contributed by atoms with Gasteiger partial charge in [0.25, 0.3) is 0 Å². The maximum atomic E-state index is 10.4. The molecule has 0 spiro atoms. The van der Waals surface area contributed by atoms with E-state index in [1.807, 2.05) is 0 Å². The lowest BCUT2D eigenvalue weighted by Crippen LogP contribution is -2.37. The van der Waals surface area contributed by atoms with E-state index in [0.717, 1.165) is 13.1 Å². The van der Waals surface area contributed by atoms with Crippen molar-refractivity contribution >= 4 is 0 Å². The van der Waals surface area contributed by atoms with Crippen molar-refractivity contribution in [1.82, 2.24) is 5.32 Å². The molecule has 2 nitrogen and oxygen atoms in total. The molecule has 0 bridgehead atoms. The van der Waals surface area contributed by atoms with Gasteiger partial charge in [-0.3, -0.25) is 0 Å². The summed E-state index contributed by atoms with van der Waals surface area (Å²) in [7, 11) is 0. The van der Waals surface area contributed by atoms with Gasteiger partial charge >= 0.3 is 0 Å². The first-order valence-electron chi connectivity index (χ1n) is 6.76. The second-order valence-corrected chi connectivity index (χ2v) is 5.33. The van der Waals surface area contributed by atoms with E-state index in [-0.39, 0.29) is 6.10 Å². The van der Waals surface area contributed by atoms with Crippen molar-refractivity contribution in [2.75, 3.05) is 13.1 Å². The summed E-state index contributed by atoms with van der Waals surface area (Å²) in [6, 6.07) is 0. The molecule has 0 aromatic carbocycles. The topological polar surface area (TPSA) is 32.3 Å². The fraction of sp³-hybridized carbons (Fsp3) is 1.00. The number of hydrogen-bond acceptors (Lipinski definition) is 2. The van der Waals surface area contributed by atoms with Crippen molar-refractivity contribution in [2.24, 2.45) is 11.8 Å². The van der Waals surface area contributed by atoms with Gasteiger partial charge < -0.3 is 10.4 Å². The first-order chi connectivity index (χ1) is 7.38. The lowest BCUT2D eigenvalue weighted by Gasteiger charge is -2.32. The molecule has 0 radical (unpaired) electrons. The summed E-state index contributed by atoms with van der Waals surface area (Å²) in [6.45, 7) is 2.21. The zero-order valence-corrected chi connectivity index (χ0v) is 9.75. The Morgan fingerprint density at radius 1 is 0.800 bits per heavy atom. The highest BCUT2D eigenvalue weighted by Gasteiger charge is 2.28. The van der Waals surface area contributed by atoms with E-state index in [2.05, 4.69) is 5.32 Å². The van der Waals surface area contributed by atoms with Gasteiger partial charge in [0.2, 0.25) is 0 Å². The van der Waals surface area contributed by atoms with Gasteiger partial charge in [-0.05, 0) is 50.6 Å². The Bertz CT molecular complexity index is 169. The predicted molar refractivity (Wildman–Crippen MR) is 62.8 cm³/mol. The highest BCUT2D eigenvalue weighted by atomic mass is 16.3. The van der Waals surface area contributed by atoms with Crippen LogP contribution in [0.1, 0.15) is 51.4 Å². The maximum Gasteiger partial charge on any atom is 0.0597 e. The van der Waals surface area contributed by atoms with E-state index in [1.54, 1.807) is 0 Å². The molecule has 1 saturated heterocycles. The summed E-state index contributed by atoms with van der Waals surface area (Å²) in [4.78, 5) is 0. The second kappa shape index (κ2) is 5.86. The van der Waals surface area contributed by atoms with Crippen LogP contribution in [0.3, 0.4) is 0 Å². The summed E-state index contributed by atoms with van der Waals surface area (Å²) in [5, 5.41) is 13.8. The molecule has 1 saturated carbocycles. The molecule has 1 aliphatic carbocycles. The van der Waals surface area contributed by atoms with E-state index in [9.17, 15) is 5.11 Å². The van der Waals surface area contributed by atoms with Crippen LogP contribution in [0.2, 0.25) is 0 Å². The number of piperidine rings is 1. The molecule has 88 valence electrons. The van der Waals surface area contributed by atoms with E-state index in [0.29, 0.717) is 11.8 Å². The van der Waals surface area contributed by atoms with E-state index in [1.165, 1.54) is 51.4 Å². The molecule has 1 aliphatic heterocycles. The molecule has 2 N–H and O–H groups in total. The maximum absolute atomic E-state index is 10.4. The molecule has 0 aromatic heterocycles. The zero-order valence-electron chi connectivity index (χ0n) is 9.75. The predicted octanol–water partition coefficient (Wildman–Crippen LogP) is 2.32. The van der Waals surface area contributed by atoms with Crippen LogP contribution < -0.4 is 5.32 Å². The third kappa shape index (κ3) is 3.18. The van der Waals surface area contributed by atoms with E-state index < -0.39 is 0 Å². The third-order valence-electron chi connectivity index (χ3n) is 4.25. The summed E-state index contributed by atoms with van der Waals surface area (Å²) in [6.07, 6.45) is 10.3. The average Bonchev–Trinajstić information content (AvgIpc) is 2.58. The van der Waals surface area contributed by atoms with Gasteiger partial charge in [0, 0.05) is 0 Å². The Morgan fingerprint density at radius 2 is 1.33 bits per heavy atom. The summed E-state index contributed by atoms with van der Waals surface area (Å²) < 4.78 is 0. The molecule has 15 heavy (non-hydrogen) atoms. The number of aliphatic hydroxyl groups is 1. The van der Waals surface area contributed by atoms with Crippen molar-refractivity contribution in [3.05, 3.63) is 0 Å². The lowest BCUT2D eigenvalue weighted by atomic mass is 9.81. The van der Waals surface area contributed by atoms with Crippen molar-refractivity contribution in [3.8, 4) is 0 Å². The van der Waals surface area contributed by atoms with E-state index in [4.69, 9.17) is 0 Å². The molecule has 2 fully saturated rings. The van der Waals surface area contributed by atoms with Crippen LogP contribution in [0.4, 0.5) is 0 Å². The highest BCUT2D eigenvalue weighted by Crippen LogP contribution is 2.31. The van der Waals surface area contributed by atoms with Gasteiger partial charge in [0.05, 0.1) is 6.10 Å². The minimum atomic E-state index is -0.00907. The van der Waals surface area contributed by atoms with Crippen molar-refractivity contribution < 1.29 is 5.11 Å². The van der Waals surface area contributed by atoms with Gasteiger partial charge in [0.15, 0.2) is 0 Å². The monoisotopic (exact) mass is 211 g/mol.